The van der Waals surface area contributed by atoms with Crippen molar-refractivity contribution in [1.82, 2.24) is 10.2 Å². The first kappa shape index (κ1) is 11.3. The van der Waals surface area contributed by atoms with E-state index in [0.29, 0.717) is 12.1 Å². The third-order valence-corrected chi connectivity index (χ3v) is 4.35. The predicted octanol–water partition coefficient (Wildman–Crippen LogP) is 1.55. The van der Waals surface area contributed by atoms with Gasteiger partial charge in [-0.1, -0.05) is 11.8 Å². The van der Waals surface area contributed by atoms with Crippen LogP contribution in [0.25, 0.3) is 0 Å². The smallest absolute Gasteiger partial charge is 0.156 e. The highest BCUT2D eigenvalue weighted by atomic mass is 32.2. The Balaban J connectivity index is 1.82. The van der Waals surface area contributed by atoms with Gasteiger partial charge in [0, 0.05) is 30.9 Å². The zero-order valence-electron chi connectivity index (χ0n) is 9.70. The molecule has 0 spiro atoms. The number of piperidine rings is 1. The Hall–Kier alpha value is -0.220. The highest BCUT2D eigenvalue weighted by Gasteiger charge is 2.23. The van der Waals surface area contributed by atoms with Crippen molar-refractivity contribution < 1.29 is 0 Å². The fourth-order valence-corrected chi connectivity index (χ4v) is 3.04. The molecule has 1 saturated heterocycles. The van der Waals surface area contributed by atoms with Gasteiger partial charge in [0.05, 0.1) is 0 Å². The second kappa shape index (κ2) is 5.21. The number of hydrogen-bond acceptors (Lipinski definition) is 4. The molecule has 2 heterocycles. The van der Waals surface area contributed by atoms with Crippen LogP contribution in [0, 0.1) is 0 Å². The van der Waals surface area contributed by atoms with Crippen LogP contribution in [0.15, 0.2) is 4.99 Å². The minimum absolute atomic E-state index is 0.639. The summed E-state index contributed by atoms with van der Waals surface area (Å²) in [7, 11) is 2.22. The van der Waals surface area contributed by atoms with E-state index in [9.17, 15) is 0 Å². The van der Waals surface area contributed by atoms with Crippen LogP contribution in [0.2, 0.25) is 0 Å². The van der Waals surface area contributed by atoms with E-state index in [-0.39, 0.29) is 0 Å². The van der Waals surface area contributed by atoms with Gasteiger partial charge >= 0.3 is 0 Å². The van der Waals surface area contributed by atoms with Crippen molar-refractivity contribution in [3.63, 3.8) is 0 Å². The molecule has 0 amide bonds. The Bertz CT molecular complexity index is 242. The summed E-state index contributed by atoms with van der Waals surface area (Å²) in [5.41, 5.74) is 0. The van der Waals surface area contributed by atoms with Crippen LogP contribution in [0.4, 0.5) is 0 Å². The summed E-state index contributed by atoms with van der Waals surface area (Å²) in [6.45, 7) is 4.53. The van der Waals surface area contributed by atoms with E-state index < -0.39 is 0 Å². The fourth-order valence-electron chi connectivity index (χ4n) is 2.14. The summed E-state index contributed by atoms with van der Waals surface area (Å²) in [5, 5.41) is 4.78. The maximum Gasteiger partial charge on any atom is 0.156 e. The Kier molecular flexibility index (Phi) is 3.92. The fraction of sp³-hybridized carbons (Fsp3) is 0.909. The van der Waals surface area contributed by atoms with Crippen molar-refractivity contribution in [2.24, 2.45) is 4.99 Å². The lowest BCUT2D eigenvalue weighted by Crippen LogP contribution is -2.47. The monoisotopic (exact) mass is 227 g/mol. The maximum atomic E-state index is 4.52. The molecule has 0 bridgehead atoms. The van der Waals surface area contributed by atoms with Gasteiger partial charge in [0.2, 0.25) is 0 Å². The molecule has 2 aliphatic heterocycles. The van der Waals surface area contributed by atoms with E-state index in [1.807, 2.05) is 11.8 Å². The molecular formula is C11H21N3S. The first-order chi connectivity index (χ1) is 7.25. The maximum absolute atomic E-state index is 4.52. The second-order valence-electron chi connectivity index (χ2n) is 4.58. The number of nitrogens with zero attached hydrogens (tertiary/aromatic N) is 2. The van der Waals surface area contributed by atoms with Gasteiger partial charge in [0.25, 0.3) is 0 Å². The Morgan fingerprint density at radius 1 is 1.53 bits per heavy atom. The number of amidine groups is 1. The molecule has 86 valence electrons. The van der Waals surface area contributed by atoms with Gasteiger partial charge in [-0.25, -0.2) is 0 Å². The van der Waals surface area contributed by atoms with Crippen LogP contribution in [0.5, 0.6) is 0 Å². The van der Waals surface area contributed by atoms with Gasteiger partial charge in [-0.3, -0.25) is 4.99 Å². The van der Waals surface area contributed by atoms with Gasteiger partial charge in [0.1, 0.15) is 0 Å². The van der Waals surface area contributed by atoms with Gasteiger partial charge < -0.3 is 10.2 Å². The number of nitrogens with one attached hydrogen (secondary N) is 1. The Morgan fingerprint density at radius 2 is 2.40 bits per heavy atom. The Morgan fingerprint density at radius 3 is 3.07 bits per heavy atom. The standard InChI is InChI=1S/C11H21N3S/c1-9-8-10(4-6-14(9)2)13-11-12-5-3-7-15-11/h9-10H,3-8H2,1-2H3,(H,12,13). The molecule has 2 aliphatic rings. The van der Waals surface area contributed by atoms with Gasteiger partial charge in [0.15, 0.2) is 5.17 Å². The van der Waals surface area contributed by atoms with Crippen molar-refractivity contribution in [3.8, 4) is 0 Å². The zero-order valence-corrected chi connectivity index (χ0v) is 10.5. The third-order valence-electron chi connectivity index (χ3n) is 3.33. The minimum Gasteiger partial charge on any atom is -0.362 e. The molecule has 0 radical (unpaired) electrons. The Labute approximate surface area is 96.7 Å². The molecule has 0 aromatic carbocycles. The lowest BCUT2D eigenvalue weighted by Gasteiger charge is -2.36. The van der Waals surface area contributed by atoms with Gasteiger partial charge in [-0.2, -0.15) is 0 Å². The predicted molar refractivity (Wildman–Crippen MR) is 67.6 cm³/mol. The van der Waals surface area contributed by atoms with Crippen LogP contribution < -0.4 is 5.32 Å². The van der Waals surface area contributed by atoms with Crippen molar-refractivity contribution in [3.05, 3.63) is 0 Å². The van der Waals surface area contributed by atoms with Crippen LogP contribution in [0.1, 0.15) is 26.2 Å². The molecule has 0 aromatic rings. The SMILES string of the molecule is CC1CC(NC2=NCCCS2)CCN1C. The number of aliphatic imine (C=N–C) groups is 1. The minimum atomic E-state index is 0.639. The summed E-state index contributed by atoms with van der Waals surface area (Å²) in [5.74, 6) is 1.23. The number of thioether (sulfide) groups is 1. The van der Waals surface area contributed by atoms with Crippen molar-refractivity contribution >= 4 is 16.9 Å². The molecule has 4 heteroatoms. The largest absolute Gasteiger partial charge is 0.362 e. The molecule has 3 nitrogen and oxygen atoms in total. The molecule has 15 heavy (non-hydrogen) atoms. The van der Waals surface area contributed by atoms with Crippen molar-refractivity contribution in [1.29, 1.82) is 0 Å². The van der Waals surface area contributed by atoms with Crippen molar-refractivity contribution in [2.75, 3.05) is 25.9 Å². The second-order valence-corrected chi connectivity index (χ2v) is 5.67. The number of hydrogen-bond donors (Lipinski definition) is 1. The van der Waals surface area contributed by atoms with Gasteiger partial charge in [-0.15, -0.1) is 0 Å². The van der Waals surface area contributed by atoms with Crippen LogP contribution >= 0.6 is 11.8 Å². The van der Waals surface area contributed by atoms with E-state index in [4.69, 9.17) is 0 Å². The molecule has 1 N–H and O–H groups in total. The van der Waals surface area contributed by atoms with Crippen LogP contribution in [-0.2, 0) is 0 Å². The quantitative estimate of drug-likeness (QED) is 0.736. The average Bonchev–Trinajstić information content (AvgIpc) is 2.25. The topological polar surface area (TPSA) is 27.6 Å². The van der Waals surface area contributed by atoms with E-state index >= 15 is 0 Å². The summed E-state index contributed by atoms with van der Waals surface area (Å²) in [6, 6.07) is 1.34. The van der Waals surface area contributed by atoms with Crippen molar-refractivity contribution in [2.45, 2.75) is 38.3 Å². The molecule has 2 rings (SSSR count). The molecule has 0 aliphatic carbocycles. The lowest BCUT2D eigenvalue weighted by molar-refractivity contribution is 0.177. The third kappa shape index (κ3) is 3.11. The van der Waals surface area contributed by atoms with Gasteiger partial charge in [-0.05, 0) is 33.2 Å². The molecule has 0 aromatic heterocycles. The lowest BCUT2D eigenvalue weighted by atomic mass is 9.99. The summed E-state index contributed by atoms with van der Waals surface area (Å²) in [6.07, 6.45) is 3.73. The number of rotatable bonds is 1. The molecule has 2 unspecified atom stereocenters. The van der Waals surface area contributed by atoms with E-state index in [2.05, 4.69) is 29.2 Å². The first-order valence-electron chi connectivity index (χ1n) is 5.90. The summed E-state index contributed by atoms with van der Waals surface area (Å²) in [4.78, 5) is 6.96. The van der Waals surface area contributed by atoms with E-state index in [0.717, 1.165) is 6.54 Å². The summed E-state index contributed by atoms with van der Waals surface area (Å²) < 4.78 is 0. The molecular weight excluding hydrogens is 206 g/mol. The molecule has 2 atom stereocenters. The zero-order chi connectivity index (χ0) is 10.7. The van der Waals surface area contributed by atoms with Crippen LogP contribution in [0.3, 0.4) is 0 Å². The average molecular weight is 227 g/mol. The summed E-state index contributed by atoms with van der Waals surface area (Å²) >= 11 is 1.88. The molecule has 1 fully saturated rings. The highest BCUT2D eigenvalue weighted by Crippen LogP contribution is 2.18. The normalized spacial score (nSPS) is 33.6. The molecule has 0 saturated carbocycles. The van der Waals surface area contributed by atoms with E-state index in [1.165, 1.54) is 36.7 Å². The first-order valence-corrected chi connectivity index (χ1v) is 6.88. The highest BCUT2D eigenvalue weighted by molar-refractivity contribution is 8.13. The van der Waals surface area contributed by atoms with E-state index in [1.54, 1.807) is 0 Å². The van der Waals surface area contributed by atoms with Crippen LogP contribution in [-0.4, -0.2) is 48.0 Å². The number of likely N-dealkylation sites (tertiary alicyclic amines) is 1.